The van der Waals surface area contributed by atoms with Crippen molar-refractivity contribution < 1.29 is 9.59 Å². The van der Waals surface area contributed by atoms with Gasteiger partial charge in [0.05, 0.1) is 5.57 Å². The maximum atomic E-state index is 12.9. The van der Waals surface area contributed by atoms with E-state index in [1.54, 1.807) is 0 Å². The van der Waals surface area contributed by atoms with Crippen LogP contribution in [0.25, 0.3) is 22.8 Å². The molecule has 7 heteroatoms. The summed E-state index contributed by atoms with van der Waals surface area (Å²) >= 11 is 6.22. The van der Waals surface area contributed by atoms with Gasteiger partial charge in [0.15, 0.2) is 0 Å². The first-order valence-corrected chi connectivity index (χ1v) is 11.9. The fourth-order valence-corrected chi connectivity index (χ4v) is 4.43. The van der Waals surface area contributed by atoms with Crippen molar-refractivity contribution in [3.05, 3.63) is 76.1 Å². The number of benzene rings is 2. The Hall–Kier alpha value is -3.35. The molecule has 3 N–H and O–H groups in total. The molecule has 0 bridgehead atoms. The number of aromatic nitrogens is 1. The topological polar surface area (TPSA) is 77.2 Å². The maximum Gasteiger partial charge on any atom is 0.267 e. The van der Waals surface area contributed by atoms with Gasteiger partial charge in [-0.2, -0.15) is 0 Å². The summed E-state index contributed by atoms with van der Waals surface area (Å²) in [6.45, 7) is 9.42. The lowest BCUT2D eigenvalue weighted by molar-refractivity contribution is -0.110. The van der Waals surface area contributed by atoms with Gasteiger partial charge < -0.3 is 20.5 Å². The van der Waals surface area contributed by atoms with Crippen molar-refractivity contribution in [2.75, 3.05) is 31.5 Å². The van der Waals surface area contributed by atoms with Crippen LogP contribution in [-0.2, 0) is 4.79 Å². The Morgan fingerprint density at radius 1 is 1.12 bits per heavy atom. The Bertz CT molecular complexity index is 1260. The van der Waals surface area contributed by atoms with Crippen LogP contribution in [0.1, 0.15) is 41.2 Å². The lowest BCUT2D eigenvalue weighted by Crippen LogP contribution is -2.34. The molecule has 34 heavy (non-hydrogen) atoms. The molecule has 1 aliphatic heterocycles. The minimum Gasteiger partial charge on any atom is -0.351 e. The Labute approximate surface area is 205 Å². The number of hydrogen-bond donors (Lipinski definition) is 3. The van der Waals surface area contributed by atoms with Crippen LogP contribution in [0.15, 0.2) is 48.5 Å². The van der Waals surface area contributed by atoms with Crippen LogP contribution in [0.5, 0.6) is 0 Å². The van der Waals surface area contributed by atoms with Crippen LogP contribution >= 0.6 is 11.6 Å². The fraction of sp³-hybridized carbons (Fsp3) is 0.259. The van der Waals surface area contributed by atoms with E-state index in [4.69, 9.17) is 11.6 Å². The van der Waals surface area contributed by atoms with Crippen molar-refractivity contribution in [2.45, 2.75) is 20.8 Å². The molecular formula is C27H29ClN4O2. The highest BCUT2D eigenvalue weighted by molar-refractivity contribution is 6.36. The number of aryl methyl sites for hydroxylation is 1. The van der Waals surface area contributed by atoms with E-state index in [9.17, 15) is 9.59 Å². The molecule has 1 aromatic heterocycles. The zero-order valence-electron chi connectivity index (χ0n) is 19.7. The molecule has 0 unspecified atom stereocenters. The van der Waals surface area contributed by atoms with E-state index in [0.29, 0.717) is 22.8 Å². The highest BCUT2D eigenvalue weighted by Crippen LogP contribution is 2.41. The van der Waals surface area contributed by atoms with Gasteiger partial charge in [-0.15, -0.1) is 0 Å². The van der Waals surface area contributed by atoms with E-state index in [-0.39, 0.29) is 11.8 Å². The number of hydrogen-bond acceptors (Lipinski definition) is 3. The number of anilines is 1. The lowest BCUT2D eigenvalue weighted by Gasteiger charge is -2.17. The third-order valence-corrected chi connectivity index (χ3v) is 6.39. The zero-order chi connectivity index (χ0) is 24.2. The monoisotopic (exact) mass is 476 g/mol. The number of nitrogens with one attached hydrogen (secondary N) is 3. The second-order valence-electron chi connectivity index (χ2n) is 8.31. The van der Waals surface area contributed by atoms with Gasteiger partial charge in [-0.25, -0.2) is 0 Å². The fourth-order valence-electron chi connectivity index (χ4n) is 4.24. The van der Waals surface area contributed by atoms with E-state index >= 15 is 0 Å². The molecule has 0 aliphatic carbocycles. The number of rotatable bonds is 8. The molecule has 0 saturated heterocycles. The number of fused-ring (bicyclic) bond motifs is 1. The van der Waals surface area contributed by atoms with Crippen molar-refractivity contribution in [3.63, 3.8) is 0 Å². The molecule has 2 aromatic carbocycles. The summed E-state index contributed by atoms with van der Waals surface area (Å²) in [5, 5.41) is 6.56. The van der Waals surface area contributed by atoms with Crippen LogP contribution < -0.4 is 10.6 Å². The van der Waals surface area contributed by atoms with E-state index in [2.05, 4.69) is 34.4 Å². The summed E-state index contributed by atoms with van der Waals surface area (Å²) in [5.41, 5.74) is 6.08. The van der Waals surface area contributed by atoms with Gasteiger partial charge in [-0.1, -0.05) is 49.7 Å². The van der Waals surface area contributed by atoms with E-state index in [1.165, 1.54) is 0 Å². The summed E-state index contributed by atoms with van der Waals surface area (Å²) in [7, 11) is 0. The van der Waals surface area contributed by atoms with Crippen molar-refractivity contribution in [1.82, 2.24) is 15.2 Å². The van der Waals surface area contributed by atoms with Crippen molar-refractivity contribution in [2.24, 2.45) is 0 Å². The highest BCUT2D eigenvalue weighted by Gasteiger charge is 2.28. The molecule has 2 heterocycles. The Balaban J connectivity index is 1.62. The third-order valence-electron chi connectivity index (χ3n) is 6.16. The molecule has 176 valence electrons. The van der Waals surface area contributed by atoms with Crippen molar-refractivity contribution in [1.29, 1.82) is 0 Å². The quantitative estimate of drug-likeness (QED) is 0.391. The number of carbonyl (C=O) groups excluding carboxylic acids is 2. The number of halogens is 1. The predicted octanol–water partition coefficient (Wildman–Crippen LogP) is 5.21. The predicted molar refractivity (Wildman–Crippen MR) is 139 cm³/mol. The normalized spacial score (nSPS) is 13.9. The largest absolute Gasteiger partial charge is 0.351 e. The molecule has 6 nitrogen and oxygen atoms in total. The molecule has 0 atom stereocenters. The molecule has 1 aliphatic rings. The summed E-state index contributed by atoms with van der Waals surface area (Å²) in [5.74, 6) is -0.334. The van der Waals surface area contributed by atoms with Gasteiger partial charge in [0.1, 0.15) is 5.69 Å². The van der Waals surface area contributed by atoms with Gasteiger partial charge in [0.25, 0.3) is 11.8 Å². The Morgan fingerprint density at radius 2 is 1.88 bits per heavy atom. The first-order valence-electron chi connectivity index (χ1n) is 11.5. The van der Waals surface area contributed by atoms with Gasteiger partial charge in [-0.05, 0) is 67.0 Å². The van der Waals surface area contributed by atoms with E-state index in [0.717, 1.165) is 53.3 Å². The van der Waals surface area contributed by atoms with Gasteiger partial charge in [0.2, 0.25) is 0 Å². The van der Waals surface area contributed by atoms with Crippen LogP contribution in [0.3, 0.4) is 0 Å². The molecule has 0 spiro atoms. The van der Waals surface area contributed by atoms with Crippen molar-refractivity contribution >= 4 is 40.8 Å². The summed E-state index contributed by atoms with van der Waals surface area (Å²) in [6, 6.07) is 15.2. The summed E-state index contributed by atoms with van der Waals surface area (Å²) in [4.78, 5) is 31.0. The standard InChI is InChI=1S/C27H29ClN4O2/c1-4-32(5-2)13-12-29-27(34)24-14-17(3)23(30-24)16-21-25-20(18-8-6-9-19(28)15-18)10-7-11-22(25)31-26(21)33/h6-11,14-16,30H,4-5,12-13H2,1-3H3,(H,29,34)(H,31,33)/b21-16-. The Morgan fingerprint density at radius 3 is 2.62 bits per heavy atom. The first-order chi connectivity index (χ1) is 16.4. The van der Waals surface area contributed by atoms with Crippen molar-refractivity contribution in [3.8, 4) is 11.1 Å². The molecule has 0 fully saturated rings. The maximum absolute atomic E-state index is 12.9. The molecule has 4 rings (SSSR count). The molecule has 3 aromatic rings. The highest BCUT2D eigenvalue weighted by atomic mass is 35.5. The van der Waals surface area contributed by atoms with Crippen LogP contribution in [-0.4, -0.2) is 47.9 Å². The van der Waals surface area contributed by atoms with Crippen LogP contribution in [0.2, 0.25) is 5.02 Å². The van der Waals surface area contributed by atoms with Gasteiger partial charge >= 0.3 is 0 Å². The number of H-pyrrole nitrogens is 1. The van der Waals surface area contributed by atoms with Crippen LogP contribution in [0.4, 0.5) is 5.69 Å². The minimum atomic E-state index is -0.177. The second-order valence-corrected chi connectivity index (χ2v) is 8.75. The third kappa shape index (κ3) is 4.93. The second kappa shape index (κ2) is 10.3. The number of nitrogens with zero attached hydrogens (tertiary/aromatic N) is 1. The van der Waals surface area contributed by atoms with Gasteiger partial charge in [-0.3, -0.25) is 9.59 Å². The van der Waals surface area contributed by atoms with E-state index in [1.807, 2.05) is 61.5 Å². The Kier molecular flexibility index (Phi) is 7.20. The average Bonchev–Trinajstić information content (AvgIpc) is 3.36. The summed E-state index contributed by atoms with van der Waals surface area (Å²) in [6.07, 6.45) is 1.82. The number of carbonyl (C=O) groups is 2. The molecule has 0 saturated carbocycles. The lowest BCUT2D eigenvalue weighted by atomic mass is 9.94. The molecule has 2 amide bonds. The average molecular weight is 477 g/mol. The number of amides is 2. The van der Waals surface area contributed by atoms with Gasteiger partial charge in [0, 0.05) is 35.1 Å². The number of likely N-dealkylation sites (N-methyl/N-ethyl adjacent to an activating group) is 1. The molecular weight excluding hydrogens is 448 g/mol. The first kappa shape index (κ1) is 23.8. The SMILES string of the molecule is CCN(CC)CCNC(=O)c1cc(C)c(/C=C2\C(=O)Nc3cccc(-c4cccc(Cl)c4)c32)[nH]1. The smallest absolute Gasteiger partial charge is 0.267 e. The van der Waals surface area contributed by atoms with E-state index < -0.39 is 0 Å². The van der Waals surface area contributed by atoms with Crippen LogP contribution in [0, 0.1) is 6.92 Å². The minimum absolute atomic E-state index is 0.157. The zero-order valence-corrected chi connectivity index (χ0v) is 20.4. The number of aromatic amines is 1. The molecule has 0 radical (unpaired) electrons. The summed E-state index contributed by atoms with van der Waals surface area (Å²) < 4.78 is 0.